The van der Waals surface area contributed by atoms with Crippen LogP contribution in [0.2, 0.25) is 0 Å². The van der Waals surface area contributed by atoms with E-state index in [0.717, 1.165) is 18.4 Å². The molecule has 1 heterocycles. The molecule has 0 amide bonds. The van der Waals surface area contributed by atoms with Gasteiger partial charge in [-0.15, -0.1) is 0 Å². The zero-order valence-electron chi connectivity index (χ0n) is 11.4. The Bertz CT molecular complexity index is 481. The number of aliphatic hydroxyl groups is 1. The molecular formula is C15H20O4. The molecule has 1 N–H and O–H groups in total. The highest BCUT2D eigenvalue weighted by Gasteiger charge is 2.66. The highest BCUT2D eigenvalue weighted by Crippen LogP contribution is 2.61. The molecule has 1 aliphatic heterocycles. The van der Waals surface area contributed by atoms with Crippen molar-refractivity contribution in [3.63, 3.8) is 0 Å². The zero-order chi connectivity index (χ0) is 13.8. The van der Waals surface area contributed by atoms with E-state index in [-0.39, 0.29) is 24.3 Å². The van der Waals surface area contributed by atoms with E-state index in [9.17, 15) is 14.7 Å². The topological polar surface area (TPSA) is 63.6 Å². The maximum absolute atomic E-state index is 12.5. The summed E-state index contributed by atoms with van der Waals surface area (Å²) in [6.07, 6.45) is 4.01. The van der Waals surface area contributed by atoms with Crippen LogP contribution in [0.4, 0.5) is 0 Å². The first-order valence-electron chi connectivity index (χ1n) is 6.96. The van der Waals surface area contributed by atoms with Gasteiger partial charge in [0, 0.05) is 23.9 Å². The van der Waals surface area contributed by atoms with E-state index in [2.05, 4.69) is 0 Å². The number of rotatable bonds is 1. The van der Waals surface area contributed by atoms with Gasteiger partial charge in [-0.2, -0.15) is 0 Å². The maximum Gasteiger partial charge on any atom is 0.313 e. The molecule has 3 aliphatic rings. The maximum atomic E-state index is 12.5. The zero-order valence-corrected chi connectivity index (χ0v) is 11.4. The third-order valence-electron chi connectivity index (χ3n) is 5.50. The second kappa shape index (κ2) is 3.92. The molecule has 3 rings (SSSR count). The van der Waals surface area contributed by atoms with Crippen molar-refractivity contribution in [2.75, 3.05) is 13.2 Å². The van der Waals surface area contributed by atoms with Crippen LogP contribution < -0.4 is 0 Å². The van der Waals surface area contributed by atoms with Crippen molar-refractivity contribution < 1.29 is 19.4 Å². The minimum Gasteiger partial charge on any atom is -0.465 e. The molecule has 1 saturated carbocycles. The first-order valence-corrected chi connectivity index (χ1v) is 6.96. The van der Waals surface area contributed by atoms with Gasteiger partial charge in [0.15, 0.2) is 5.78 Å². The molecule has 0 radical (unpaired) electrons. The summed E-state index contributed by atoms with van der Waals surface area (Å²) in [4.78, 5) is 24.9. The van der Waals surface area contributed by atoms with Gasteiger partial charge in [0.25, 0.3) is 0 Å². The lowest BCUT2D eigenvalue weighted by atomic mass is 9.48. The van der Waals surface area contributed by atoms with Gasteiger partial charge in [-0.05, 0) is 25.8 Å². The Morgan fingerprint density at radius 1 is 1.42 bits per heavy atom. The molecule has 4 nitrogen and oxygen atoms in total. The van der Waals surface area contributed by atoms with Gasteiger partial charge in [0.1, 0.15) is 0 Å². The molecule has 0 aromatic heterocycles. The Balaban J connectivity index is 2.19. The highest BCUT2D eigenvalue weighted by atomic mass is 16.5. The van der Waals surface area contributed by atoms with Gasteiger partial charge >= 0.3 is 5.97 Å². The van der Waals surface area contributed by atoms with Gasteiger partial charge in [-0.3, -0.25) is 9.59 Å². The van der Waals surface area contributed by atoms with Gasteiger partial charge in [-0.25, -0.2) is 0 Å². The van der Waals surface area contributed by atoms with E-state index >= 15 is 0 Å². The third kappa shape index (κ3) is 1.43. The summed E-state index contributed by atoms with van der Waals surface area (Å²) >= 11 is 0. The fraction of sp³-hybridized carbons (Fsp3) is 0.733. The number of aliphatic hydroxyl groups excluding tert-OH is 1. The molecule has 0 bridgehead atoms. The number of carbonyl (C=O) groups excluding carboxylic acids is 2. The lowest BCUT2D eigenvalue weighted by molar-refractivity contribution is -0.164. The second-order valence-electron chi connectivity index (χ2n) is 6.58. The molecule has 0 aromatic carbocycles. The van der Waals surface area contributed by atoms with Gasteiger partial charge in [0.05, 0.1) is 12.0 Å². The predicted octanol–water partition coefficient (Wildman–Crippen LogP) is 1.47. The summed E-state index contributed by atoms with van der Waals surface area (Å²) in [6, 6.07) is 0. The van der Waals surface area contributed by atoms with Crippen molar-refractivity contribution in [1.29, 1.82) is 0 Å². The summed E-state index contributed by atoms with van der Waals surface area (Å²) < 4.78 is 5.30. The molecule has 2 fully saturated rings. The molecule has 4 unspecified atom stereocenters. The quantitative estimate of drug-likeness (QED) is 0.728. The SMILES string of the molecule is CC1=CC(=O)C2C(C)(CO)CCCC23C(=O)OCC13. The lowest BCUT2D eigenvalue weighted by Crippen LogP contribution is -2.57. The average molecular weight is 264 g/mol. The number of cyclic esters (lactones) is 1. The van der Waals surface area contributed by atoms with E-state index in [1.54, 1.807) is 6.08 Å². The van der Waals surface area contributed by atoms with Crippen molar-refractivity contribution in [2.45, 2.75) is 33.1 Å². The summed E-state index contributed by atoms with van der Waals surface area (Å²) in [5, 5.41) is 9.75. The molecule has 4 atom stereocenters. The molecular weight excluding hydrogens is 244 g/mol. The van der Waals surface area contributed by atoms with Crippen molar-refractivity contribution in [3.8, 4) is 0 Å². The van der Waals surface area contributed by atoms with E-state index < -0.39 is 16.7 Å². The van der Waals surface area contributed by atoms with Crippen molar-refractivity contribution in [3.05, 3.63) is 11.6 Å². The smallest absolute Gasteiger partial charge is 0.313 e. The monoisotopic (exact) mass is 264 g/mol. The van der Waals surface area contributed by atoms with Gasteiger partial charge < -0.3 is 9.84 Å². The Hall–Kier alpha value is -1.16. The fourth-order valence-electron chi connectivity index (χ4n) is 4.59. The Kier molecular flexibility index (Phi) is 2.65. The third-order valence-corrected chi connectivity index (χ3v) is 5.50. The number of ketones is 1. The number of ether oxygens (including phenoxy) is 1. The lowest BCUT2D eigenvalue weighted by Gasteiger charge is -2.52. The second-order valence-corrected chi connectivity index (χ2v) is 6.58. The number of esters is 1. The number of hydrogen-bond donors (Lipinski definition) is 1. The van der Waals surface area contributed by atoms with E-state index in [4.69, 9.17) is 4.74 Å². The van der Waals surface area contributed by atoms with Crippen molar-refractivity contribution in [1.82, 2.24) is 0 Å². The minimum atomic E-state index is -0.717. The largest absolute Gasteiger partial charge is 0.465 e. The summed E-state index contributed by atoms with van der Waals surface area (Å²) in [5.74, 6) is -0.664. The van der Waals surface area contributed by atoms with Crippen LogP contribution in [-0.2, 0) is 14.3 Å². The Morgan fingerprint density at radius 2 is 2.16 bits per heavy atom. The molecule has 104 valence electrons. The standard InChI is InChI=1S/C15H20O4/c1-9-6-11(17)12-14(2,8-16)4-3-5-15(12)10(9)7-19-13(15)18/h6,10,12,16H,3-5,7-8H2,1-2H3. The van der Waals surface area contributed by atoms with Crippen LogP contribution in [0, 0.1) is 22.7 Å². The van der Waals surface area contributed by atoms with Crippen LogP contribution >= 0.6 is 0 Å². The molecule has 19 heavy (non-hydrogen) atoms. The first kappa shape index (κ1) is 12.9. The van der Waals surface area contributed by atoms with E-state index in [1.165, 1.54) is 0 Å². The van der Waals surface area contributed by atoms with Gasteiger partial charge in [-0.1, -0.05) is 18.9 Å². The van der Waals surface area contributed by atoms with Crippen molar-refractivity contribution >= 4 is 11.8 Å². The number of allylic oxidation sites excluding steroid dienone is 1. The fourth-order valence-corrected chi connectivity index (χ4v) is 4.59. The summed E-state index contributed by atoms with van der Waals surface area (Å²) in [5.41, 5.74) is -0.269. The molecule has 1 spiro atoms. The summed E-state index contributed by atoms with van der Waals surface area (Å²) in [6.45, 7) is 4.16. The Labute approximate surface area is 112 Å². The van der Waals surface area contributed by atoms with Crippen LogP contribution in [0.15, 0.2) is 11.6 Å². The van der Waals surface area contributed by atoms with E-state index in [1.807, 2.05) is 13.8 Å². The summed E-state index contributed by atoms with van der Waals surface area (Å²) in [7, 11) is 0. The average Bonchev–Trinajstić information content (AvgIpc) is 2.68. The van der Waals surface area contributed by atoms with Gasteiger partial charge in [0.2, 0.25) is 0 Å². The molecule has 0 aromatic rings. The van der Waals surface area contributed by atoms with Crippen LogP contribution in [0.25, 0.3) is 0 Å². The number of carbonyl (C=O) groups is 2. The van der Waals surface area contributed by atoms with Crippen molar-refractivity contribution in [2.24, 2.45) is 22.7 Å². The highest BCUT2D eigenvalue weighted by molar-refractivity contribution is 6.00. The molecule has 4 heteroatoms. The van der Waals surface area contributed by atoms with Crippen LogP contribution in [0.3, 0.4) is 0 Å². The van der Waals surface area contributed by atoms with Crippen LogP contribution in [0.1, 0.15) is 33.1 Å². The normalized spacial score (nSPS) is 45.3. The predicted molar refractivity (Wildman–Crippen MR) is 68.2 cm³/mol. The van der Waals surface area contributed by atoms with Crippen LogP contribution in [-0.4, -0.2) is 30.1 Å². The minimum absolute atomic E-state index is 0.00822. The molecule has 1 saturated heterocycles. The number of hydrogen-bond acceptors (Lipinski definition) is 4. The first-order chi connectivity index (χ1) is 8.95. The van der Waals surface area contributed by atoms with Crippen LogP contribution in [0.5, 0.6) is 0 Å². The Morgan fingerprint density at radius 3 is 2.84 bits per heavy atom. The molecule has 2 aliphatic carbocycles. The van der Waals surface area contributed by atoms with E-state index in [0.29, 0.717) is 13.0 Å².